The van der Waals surface area contributed by atoms with Crippen LogP contribution in [-0.2, 0) is 27.5 Å². The molecule has 2 N–H and O–H groups in total. The minimum Gasteiger partial charge on any atom is -0.481 e. The molecule has 1 unspecified atom stereocenters. The van der Waals surface area contributed by atoms with Crippen LogP contribution in [0.5, 0.6) is 11.5 Å². The number of hydrogen-bond acceptors (Lipinski definition) is 6. The van der Waals surface area contributed by atoms with Crippen LogP contribution >= 0.6 is 0 Å². The van der Waals surface area contributed by atoms with Gasteiger partial charge in [0, 0.05) is 40.7 Å². The number of aromatic nitrogens is 3. The highest BCUT2D eigenvalue weighted by Gasteiger charge is 2.30. The van der Waals surface area contributed by atoms with Gasteiger partial charge in [-0.3, -0.25) is 9.48 Å². The van der Waals surface area contributed by atoms with E-state index in [9.17, 15) is 23.6 Å². The molecule has 1 aliphatic heterocycles. The Bertz CT molecular complexity index is 2200. The van der Waals surface area contributed by atoms with E-state index in [2.05, 4.69) is 16.2 Å². The molecule has 2 aromatic heterocycles. The molecule has 1 atom stereocenters. The minimum absolute atomic E-state index is 0.000441. The topological polar surface area (TPSA) is 138 Å². The summed E-state index contributed by atoms with van der Waals surface area (Å²) in [7, 11) is -3.60. The molecule has 3 aromatic carbocycles. The Morgan fingerprint density at radius 1 is 1.16 bits per heavy atom. The Kier molecular flexibility index (Phi) is 9.31. The Labute approximate surface area is 283 Å². The Morgan fingerprint density at radius 3 is 2.76 bits per heavy atom. The smallest absolute Gasteiger partial charge is 0.303 e. The number of carboxylic acids is 1. The van der Waals surface area contributed by atoms with E-state index in [1.165, 1.54) is 30.5 Å². The van der Waals surface area contributed by atoms with Gasteiger partial charge in [0.25, 0.3) is 0 Å². The summed E-state index contributed by atoms with van der Waals surface area (Å²) < 4.78 is 66.3. The molecule has 0 aliphatic carbocycles. The number of carboxylic acid groups (broad SMARTS) is 1. The summed E-state index contributed by atoms with van der Waals surface area (Å²) in [6.45, 7) is 3.80. The van der Waals surface area contributed by atoms with Gasteiger partial charge in [-0.2, -0.15) is 10.4 Å². The van der Waals surface area contributed by atoms with E-state index >= 15 is 8.78 Å². The summed E-state index contributed by atoms with van der Waals surface area (Å²) >= 11 is 0. The van der Waals surface area contributed by atoms with E-state index in [1.807, 2.05) is 38.1 Å². The Hall–Kier alpha value is -5.02. The Balaban J connectivity index is 1.53. The van der Waals surface area contributed by atoms with Crippen LogP contribution in [0.2, 0.25) is 0 Å². The molecule has 0 radical (unpaired) electrons. The number of carbonyl (C=O) groups is 1. The van der Waals surface area contributed by atoms with Crippen molar-refractivity contribution in [2.45, 2.75) is 58.4 Å². The Morgan fingerprint density at radius 2 is 1.98 bits per heavy atom. The summed E-state index contributed by atoms with van der Waals surface area (Å²) in [6, 6.07) is 16.0. The van der Waals surface area contributed by atoms with Gasteiger partial charge >= 0.3 is 5.97 Å². The van der Waals surface area contributed by atoms with E-state index in [0.717, 1.165) is 11.1 Å². The number of halogens is 2. The van der Waals surface area contributed by atoms with E-state index in [4.69, 9.17) is 4.74 Å². The van der Waals surface area contributed by atoms with Gasteiger partial charge in [-0.25, -0.2) is 17.2 Å². The summed E-state index contributed by atoms with van der Waals surface area (Å²) in [5.41, 5.74) is 2.17. The molecule has 49 heavy (non-hydrogen) atoms. The molecule has 6 rings (SSSR count). The van der Waals surface area contributed by atoms with Crippen molar-refractivity contribution in [2.75, 3.05) is 11.5 Å². The number of hydrogen-bond donors (Lipinski definition) is 2. The van der Waals surface area contributed by atoms with Crippen LogP contribution in [-0.4, -0.2) is 45.8 Å². The average Bonchev–Trinajstić information content (AvgIpc) is 3.69. The first-order valence-electron chi connectivity index (χ1n) is 16.1. The number of nitrogens with one attached hydrogen (secondary N) is 1. The molecule has 3 heterocycles. The van der Waals surface area contributed by atoms with Crippen molar-refractivity contribution in [3.63, 3.8) is 0 Å². The van der Waals surface area contributed by atoms with Crippen LogP contribution in [0.3, 0.4) is 0 Å². The molecule has 254 valence electrons. The van der Waals surface area contributed by atoms with Gasteiger partial charge in [0.1, 0.15) is 17.6 Å². The highest BCUT2D eigenvalue weighted by Crippen LogP contribution is 2.40. The number of H-pyrrole nitrogens is 1. The normalized spacial score (nSPS) is 17.7. The predicted octanol–water partition coefficient (Wildman–Crippen LogP) is 7.75. The molecular formula is C37H36F2N4O5S. The maximum Gasteiger partial charge on any atom is 0.303 e. The highest BCUT2D eigenvalue weighted by molar-refractivity contribution is 7.91. The van der Waals surface area contributed by atoms with Crippen molar-refractivity contribution >= 4 is 26.7 Å². The van der Waals surface area contributed by atoms with Gasteiger partial charge in [-0.05, 0) is 66.5 Å². The number of rotatable bonds is 4. The van der Waals surface area contributed by atoms with E-state index < -0.39 is 38.9 Å². The number of aryl methyl sites for hydroxylation is 2. The third-order valence-corrected chi connectivity index (χ3v) is 11.1. The monoisotopic (exact) mass is 686 g/mol. The van der Waals surface area contributed by atoms with Gasteiger partial charge in [-0.1, -0.05) is 44.5 Å². The molecule has 1 aliphatic rings. The number of fused-ring (bicyclic) bond motifs is 7. The fourth-order valence-corrected chi connectivity index (χ4v) is 8.80. The molecule has 12 heteroatoms. The predicted molar refractivity (Wildman–Crippen MR) is 181 cm³/mol. The zero-order valence-electron chi connectivity index (χ0n) is 27.2. The summed E-state index contributed by atoms with van der Waals surface area (Å²) in [5.74, 6) is -2.67. The van der Waals surface area contributed by atoms with Crippen molar-refractivity contribution in [2.24, 2.45) is 5.41 Å². The second-order valence-corrected chi connectivity index (χ2v) is 15.5. The van der Waals surface area contributed by atoms with Gasteiger partial charge < -0.3 is 14.8 Å². The molecule has 2 bridgehead atoms. The molecule has 0 spiro atoms. The second-order valence-electron chi connectivity index (χ2n) is 13.4. The van der Waals surface area contributed by atoms with E-state index in [1.54, 1.807) is 16.9 Å². The standard InChI is InChI=1S/C37H36F2N4O5S/c1-37(2)14-4-7-33(24-6-3-5-23(17-24)8-11-34(44)45)43-35(25(20-40)21-42-43)29-18-26(9-10-30(29)38)48-36-28(13-16-49(46,47)22-37)27-12-15-41-32(27)19-31(36)39/h3,5-6,9-10,12,15,17-19,21,33,41H,4,7-8,11,13-14,16,22H2,1-2H3,(H,44,45). The SMILES string of the molecule is CC1(C)CCCC(c2cccc(CCC(=O)O)c2)n2ncc(C#N)c2-c2cc(ccc2F)Oc2c(F)cc3[nH]ccc3c2CCS(=O)(=O)C1. The second kappa shape index (κ2) is 13.5. The number of nitrogens with zero attached hydrogens (tertiary/aromatic N) is 3. The van der Waals surface area contributed by atoms with Crippen LogP contribution in [0.15, 0.2) is 67.0 Å². The van der Waals surface area contributed by atoms with Crippen molar-refractivity contribution in [1.82, 2.24) is 14.8 Å². The van der Waals surface area contributed by atoms with E-state index in [0.29, 0.717) is 42.1 Å². The molecule has 9 nitrogen and oxygen atoms in total. The lowest BCUT2D eigenvalue weighted by molar-refractivity contribution is -0.136. The summed E-state index contributed by atoms with van der Waals surface area (Å²) in [6.07, 6.45) is 4.82. The zero-order valence-corrected chi connectivity index (χ0v) is 28.0. The first kappa shape index (κ1) is 33.9. The lowest BCUT2D eigenvalue weighted by atomic mass is 9.87. The van der Waals surface area contributed by atoms with Gasteiger partial charge in [0.2, 0.25) is 0 Å². The maximum absolute atomic E-state index is 15.8. The number of nitriles is 1. The highest BCUT2D eigenvalue weighted by atomic mass is 32.2. The molecule has 0 saturated carbocycles. The number of sulfone groups is 1. The van der Waals surface area contributed by atoms with Crippen LogP contribution in [0.4, 0.5) is 8.78 Å². The number of ether oxygens (including phenoxy) is 1. The number of aromatic amines is 1. The van der Waals surface area contributed by atoms with Gasteiger partial charge in [-0.15, -0.1) is 0 Å². The van der Waals surface area contributed by atoms with E-state index in [-0.39, 0.29) is 52.7 Å². The van der Waals surface area contributed by atoms with Crippen molar-refractivity contribution in [3.8, 4) is 28.8 Å². The fourth-order valence-electron chi connectivity index (χ4n) is 6.81. The largest absolute Gasteiger partial charge is 0.481 e. The molecule has 0 saturated heterocycles. The molecule has 5 aromatic rings. The minimum atomic E-state index is -3.60. The van der Waals surface area contributed by atoms with Gasteiger partial charge in [0.05, 0.1) is 35.0 Å². The summed E-state index contributed by atoms with van der Waals surface area (Å²) in [5, 5.41) is 24.6. The fraction of sp³-hybridized carbons (Fsp3) is 0.324. The van der Waals surface area contributed by atoms with Crippen molar-refractivity contribution < 1.29 is 31.8 Å². The van der Waals surface area contributed by atoms with Crippen LogP contribution in [0, 0.1) is 28.4 Å². The molecule has 0 fully saturated rings. The van der Waals surface area contributed by atoms with Crippen molar-refractivity contribution in [1.29, 1.82) is 5.26 Å². The first-order chi connectivity index (χ1) is 23.3. The average molecular weight is 687 g/mol. The lowest BCUT2D eigenvalue weighted by Gasteiger charge is -2.27. The molecular weight excluding hydrogens is 650 g/mol. The van der Waals surface area contributed by atoms with Crippen LogP contribution in [0.25, 0.3) is 22.2 Å². The molecule has 0 amide bonds. The quantitative estimate of drug-likeness (QED) is 0.197. The lowest BCUT2D eigenvalue weighted by Crippen LogP contribution is -2.27. The zero-order chi connectivity index (χ0) is 34.9. The third kappa shape index (κ3) is 7.37. The van der Waals surface area contributed by atoms with Crippen LogP contribution < -0.4 is 4.74 Å². The third-order valence-electron chi connectivity index (χ3n) is 9.06. The van der Waals surface area contributed by atoms with Crippen molar-refractivity contribution in [3.05, 3.63) is 101 Å². The summed E-state index contributed by atoms with van der Waals surface area (Å²) in [4.78, 5) is 14.3. The number of benzene rings is 3. The van der Waals surface area contributed by atoms with Crippen LogP contribution in [0.1, 0.15) is 67.8 Å². The first-order valence-corrected chi connectivity index (χ1v) is 17.9. The number of aliphatic carboxylic acids is 1. The van der Waals surface area contributed by atoms with Gasteiger partial charge in [0.15, 0.2) is 21.4 Å². The maximum atomic E-state index is 15.8.